The van der Waals surface area contributed by atoms with E-state index in [1.165, 1.54) is 36.3 Å². The Kier molecular flexibility index (Phi) is 6.86. The second kappa shape index (κ2) is 9.14. The fourth-order valence-corrected chi connectivity index (χ4v) is 5.14. The zero-order valence-corrected chi connectivity index (χ0v) is 16.8. The molecule has 2 aliphatic heterocycles. The van der Waals surface area contributed by atoms with Crippen molar-refractivity contribution in [3.8, 4) is 0 Å². The lowest BCUT2D eigenvalue weighted by molar-refractivity contribution is -0.887. The minimum absolute atomic E-state index is 0.168. The van der Waals surface area contributed by atoms with E-state index in [1.54, 1.807) is 17.0 Å². The van der Waals surface area contributed by atoms with Crippen LogP contribution in [0.1, 0.15) is 35.2 Å². The highest BCUT2D eigenvalue weighted by atomic mass is 32.2. The van der Waals surface area contributed by atoms with E-state index in [1.807, 2.05) is 6.92 Å². The number of ether oxygens (including phenoxy) is 1. The lowest BCUT2D eigenvalue weighted by Crippen LogP contribution is -3.10. The van der Waals surface area contributed by atoms with Crippen LogP contribution in [0.4, 0.5) is 0 Å². The molecule has 150 valence electrons. The molecule has 1 aromatic carbocycles. The molecule has 8 heteroatoms. The molecule has 7 nitrogen and oxygen atoms in total. The van der Waals surface area contributed by atoms with Crippen molar-refractivity contribution in [3.05, 3.63) is 29.3 Å². The molecule has 1 amide bonds. The number of rotatable bonds is 7. The van der Waals surface area contributed by atoms with Crippen molar-refractivity contribution in [3.63, 3.8) is 0 Å². The molecular weight excluding hydrogens is 366 g/mol. The Morgan fingerprint density at radius 2 is 1.93 bits per heavy atom. The summed E-state index contributed by atoms with van der Waals surface area (Å²) in [4.78, 5) is 14.3. The molecular formula is C19H30N3O4S+. The van der Waals surface area contributed by atoms with Gasteiger partial charge < -0.3 is 15.0 Å². The van der Waals surface area contributed by atoms with Crippen LogP contribution in [0, 0.1) is 6.92 Å². The molecule has 0 aliphatic carbocycles. The highest BCUT2D eigenvalue weighted by Gasteiger charge is 2.27. The molecule has 27 heavy (non-hydrogen) atoms. The number of nitrogens with one attached hydrogen (secondary N) is 2. The van der Waals surface area contributed by atoms with E-state index >= 15 is 0 Å². The second-order valence-corrected chi connectivity index (χ2v) is 9.25. The lowest BCUT2D eigenvalue weighted by Gasteiger charge is -2.26. The minimum atomic E-state index is -3.60. The average molecular weight is 397 g/mol. The van der Waals surface area contributed by atoms with Crippen LogP contribution in [0.3, 0.4) is 0 Å². The number of hydrogen-bond donors (Lipinski definition) is 2. The number of sulfonamides is 1. The van der Waals surface area contributed by atoms with Gasteiger partial charge in [-0.2, -0.15) is 4.31 Å². The van der Waals surface area contributed by atoms with E-state index in [0.29, 0.717) is 38.4 Å². The molecule has 0 saturated carbocycles. The number of carbonyl (C=O) groups is 1. The first kappa shape index (κ1) is 20.3. The van der Waals surface area contributed by atoms with Crippen LogP contribution in [0.15, 0.2) is 23.1 Å². The van der Waals surface area contributed by atoms with Crippen LogP contribution in [-0.4, -0.2) is 71.1 Å². The minimum Gasteiger partial charge on any atom is -0.379 e. The average Bonchev–Trinajstić information content (AvgIpc) is 3.19. The first-order chi connectivity index (χ1) is 13.0. The molecule has 2 heterocycles. The Labute approximate surface area is 161 Å². The van der Waals surface area contributed by atoms with Crippen LogP contribution < -0.4 is 10.2 Å². The number of hydrogen-bond acceptors (Lipinski definition) is 4. The predicted octanol–water partition coefficient (Wildman–Crippen LogP) is -0.185. The van der Waals surface area contributed by atoms with Gasteiger partial charge in [-0.3, -0.25) is 4.79 Å². The smallest absolute Gasteiger partial charge is 0.251 e. The van der Waals surface area contributed by atoms with Crippen molar-refractivity contribution in [1.29, 1.82) is 0 Å². The number of amides is 1. The summed E-state index contributed by atoms with van der Waals surface area (Å²) in [6.07, 6.45) is 3.53. The molecule has 2 N–H and O–H groups in total. The van der Waals surface area contributed by atoms with Gasteiger partial charge in [0.05, 0.1) is 37.7 Å². The highest BCUT2D eigenvalue weighted by molar-refractivity contribution is 7.89. The van der Waals surface area contributed by atoms with Gasteiger partial charge in [-0.1, -0.05) is 6.07 Å². The number of aryl methyl sites for hydroxylation is 1. The number of morpholine rings is 1. The summed E-state index contributed by atoms with van der Waals surface area (Å²) >= 11 is 0. The number of quaternary nitrogens is 1. The van der Waals surface area contributed by atoms with Crippen molar-refractivity contribution >= 4 is 15.9 Å². The zero-order chi connectivity index (χ0) is 19.3. The van der Waals surface area contributed by atoms with E-state index in [9.17, 15) is 13.2 Å². The molecule has 2 saturated heterocycles. The third kappa shape index (κ3) is 5.07. The van der Waals surface area contributed by atoms with Gasteiger partial charge in [0.25, 0.3) is 5.91 Å². The Morgan fingerprint density at radius 1 is 1.22 bits per heavy atom. The largest absolute Gasteiger partial charge is 0.379 e. The molecule has 0 bridgehead atoms. The van der Waals surface area contributed by atoms with Crippen molar-refractivity contribution in [2.24, 2.45) is 0 Å². The van der Waals surface area contributed by atoms with Crippen molar-refractivity contribution < 1.29 is 22.8 Å². The highest BCUT2D eigenvalue weighted by Crippen LogP contribution is 2.20. The van der Waals surface area contributed by atoms with Gasteiger partial charge in [0.1, 0.15) is 0 Å². The number of benzene rings is 1. The molecule has 0 unspecified atom stereocenters. The lowest BCUT2D eigenvalue weighted by atomic mass is 10.1. The summed E-state index contributed by atoms with van der Waals surface area (Å²) < 4.78 is 32.3. The Morgan fingerprint density at radius 3 is 2.63 bits per heavy atom. The maximum Gasteiger partial charge on any atom is 0.251 e. The summed E-state index contributed by atoms with van der Waals surface area (Å²) in [5.41, 5.74) is 1.21. The number of carbonyl (C=O) groups excluding carboxylic acids is 1. The van der Waals surface area contributed by atoms with E-state index in [2.05, 4.69) is 5.32 Å². The van der Waals surface area contributed by atoms with Gasteiger partial charge in [-0.25, -0.2) is 8.42 Å². The molecule has 0 atom stereocenters. The van der Waals surface area contributed by atoms with E-state index in [-0.39, 0.29) is 10.8 Å². The van der Waals surface area contributed by atoms with Gasteiger partial charge in [0.2, 0.25) is 10.0 Å². The second-order valence-electron chi connectivity index (χ2n) is 7.31. The first-order valence-corrected chi connectivity index (χ1v) is 11.2. The molecule has 0 radical (unpaired) electrons. The van der Waals surface area contributed by atoms with Gasteiger partial charge in [-0.15, -0.1) is 0 Å². The Balaban J connectivity index is 1.62. The van der Waals surface area contributed by atoms with E-state index in [4.69, 9.17) is 4.74 Å². The molecule has 0 spiro atoms. The third-order valence-corrected chi connectivity index (χ3v) is 7.26. The SMILES string of the molecule is Cc1ccc(S(=O)(=O)N2CCOCC2)cc1C(=O)NCCC[NH+]1CCCC1. The zero-order valence-electron chi connectivity index (χ0n) is 16.0. The summed E-state index contributed by atoms with van der Waals surface area (Å²) in [7, 11) is -3.60. The van der Waals surface area contributed by atoms with Crippen LogP contribution in [-0.2, 0) is 14.8 Å². The Hall–Kier alpha value is -1.48. The van der Waals surface area contributed by atoms with Gasteiger partial charge in [-0.05, 0) is 24.6 Å². The maximum absolute atomic E-state index is 12.8. The van der Waals surface area contributed by atoms with E-state index < -0.39 is 10.0 Å². The molecule has 1 aromatic rings. The fourth-order valence-electron chi connectivity index (χ4n) is 3.70. The summed E-state index contributed by atoms with van der Waals surface area (Å²) in [5, 5.41) is 2.94. The maximum atomic E-state index is 12.8. The monoisotopic (exact) mass is 396 g/mol. The van der Waals surface area contributed by atoms with Crippen molar-refractivity contribution in [2.75, 3.05) is 52.5 Å². The number of nitrogens with zero attached hydrogens (tertiary/aromatic N) is 1. The first-order valence-electron chi connectivity index (χ1n) is 9.79. The quantitative estimate of drug-likeness (QED) is 0.627. The predicted molar refractivity (Wildman–Crippen MR) is 103 cm³/mol. The van der Waals surface area contributed by atoms with Crippen LogP contribution in [0.25, 0.3) is 0 Å². The summed E-state index contributed by atoms with van der Waals surface area (Å²) in [6.45, 7) is 7.46. The summed E-state index contributed by atoms with van der Waals surface area (Å²) in [5.74, 6) is -0.206. The van der Waals surface area contributed by atoms with E-state index in [0.717, 1.165) is 18.5 Å². The summed E-state index contributed by atoms with van der Waals surface area (Å²) in [6, 6.07) is 4.78. The Bertz CT molecular complexity index is 754. The third-order valence-electron chi connectivity index (χ3n) is 5.36. The van der Waals surface area contributed by atoms with Gasteiger partial charge in [0, 0.05) is 44.5 Å². The van der Waals surface area contributed by atoms with Gasteiger partial charge in [0.15, 0.2) is 0 Å². The topological polar surface area (TPSA) is 80.1 Å². The standard InChI is InChI=1S/C19H29N3O4S/c1-16-5-6-17(27(24,25)22-11-13-26-14-12-22)15-18(16)19(23)20-7-4-10-21-8-2-3-9-21/h5-6,15H,2-4,7-14H2,1H3,(H,20,23)/p+1. The van der Waals surface area contributed by atoms with Crippen molar-refractivity contribution in [2.45, 2.75) is 31.1 Å². The molecule has 3 rings (SSSR count). The fraction of sp³-hybridized carbons (Fsp3) is 0.632. The van der Waals surface area contributed by atoms with Crippen LogP contribution in [0.5, 0.6) is 0 Å². The van der Waals surface area contributed by atoms with Crippen LogP contribution in [0.2, 0.25) is 0 Å². The normalized spacial score (nSPS) is 19.3. The molecule has 2 aliphatic rings. The molecule has 2 fully saturated rings. The van der Waals surface area contributed by atoms with Crippen LogP contribution >= 0.6 is 0 Å². The van der Waals surface area contributed by atoms with Crippen molar-refractivity contribution in [1.82, 2.24) is 9.62 Å². The molecule has 0 aromatic heterocycles. The van der Waals surface area contributed by atoms with Gasteiger partial charge >= 0.3 is 0 Å². The number of likely N-dealkylation sites (tertiary alicyclic amines) is 1.